The van der Waals surface area contributed by atoms with Gasteiger partial charge in [0.2, 0.25) is 0 Å². The van der Waals surface area contributed by atoms with E-state index in [2.05, 4.69) is 21.7 Å². The fraction of sp³-hybridized carbons (Fsp3) is 0.385. The van der Waals surface area contributed by atoms with E-state index in [-0.39, 0.29) is 6.61 Å². The van der Waals surface area contributed by atoms with Gasteiger partial charge in [0, 0.05) is 24.5 Å². The van der Waals surface area contributed by atoms with Crippen molar-refractivity contribution in [2.45, 2.75) is 25.0 Å². The Balaban J connectivity index is 2.22. The minimum absolute atomic E-state index is 0.221. The van der Waals surface area contributed by atoms with Crippen LogP contribution in [0.3, 0.4) is 0 Å². The lowest BCUT2D eigenvalue weighted by atomic mass is 10.2. The molecule has 1 aromatic carbocycles. The fourth-order valence-corrected chi connectivity index (χ4v) is 2.64. The van der Waals surface area contributed by atoms with E-state index < -0.39 is 0 Å². The van der Waals surface area contributed by atoms with Crippen LogP contribution >= 0.6 is 11.8 Å². The van der Waals surface area contributed by atoms with Crippen LogP contribution in [0, 0.1) is 0 Å². The van der Waals surface area contributed by atoms with Gasteiger partial charge in [0.1, 0.15) is 0 Å². The quantitative estimate of drug-likeness (QED) is 0.642. The zero-order chi connectivity index (χ0) is 12.8. The van der Waals surface area contributed by atoms with Crippen molar-refractivity contribution >= 4 is 11.8 Å². The third-order valence-corrected chi connectivity index (χ3v) is 3.65. The zero-order valence-electron chi connectivity index (χ0n) is 10.4. The molecule has 0 atom stereocenters. The fourth-order valence-electron chi connectivity index (χ4n) is 1.71. The molecule has 0 spiro atoms. The maximum atomic E-state index is 8.80. The largest absolute Gasteiger partial charge is 0.396 e. The molecule has 0 amide bonds. The summed E-state index contributed by atoms with van der Waals surface area (Å²) < 4.78 is 2.11. The van der Waals surface area contributed by atoms with E-state index in [1.165, 1.54) is 0 Å². The Morgan fingerprint density at radius 2 is 2.00 bits per heavy atom. The first-order valence-corrected chi connectivity index (χ1v) is 7.07. The number of hydrogen-bond donors (Lipinski definition) is 1. The second-order valence-corrected chi connectivity index (χ2v) is 4.90. The van der Waals surface area contributed by atoms with Crippen LogP contribution in [0.15, 0.2) is 35.5 Å². The second-order valence-electron chi connectivity index (χ2n) is 3.84. The smallest absolute Gasteiger partial charge is 0.191 e. The number of aliphatic hydroxyl groups excluding tert-OH is 1. The standard InChI is InChI=1S/C13H17N3OS/c1-2-16-12(11-7-4-3-5-8-11)14-15-13(16)18-10-6-9-17/h3-5,7-8,17H,2,6,9-10H2,1H3. The van der Waals surface area contributed by atoms with Crippen LogP contribution < -0.4 is 0 Å². The van der Waals surface area contributed by atoms with Crippen LogP contribution in [0.2, 0.25) is 0 Å². The maximum Gasteiger partial charge on any atom is 0.191 e. The number of aliphatic hydroxyl groups is 1. The molecule has 96 valence electrons. The topological polar surface area (TPSA) is 50.9 Å². The molecule has 0 saturated heterocycles. The maximum absolute atomic E-state index is 8.80. The molecule has 0 aliphatic heterocycles. The van der Waals surface area contributed by atoms with Gasteiger partial charge < -0.3 is 9.67 Å². The van der Waals surface area contributed by atoms with Crippen LogP contribution in [-0.2, 0) is 6.54 Å². The highest BCUT2D eigenvalue weighted by atomic mass is 32.2. The van der Waals surface area contributed by atoms with E-state index in [0.717, 1.165) is 35.3 Å². The Kier molecular flexibility index (Phi) is 4.78. The van der Waals surface area contributed by atoms with Crippen LogP contribution in [-0.4, -0.2) is 32.2 Å². The van der Waals surface area contributed by atoms with Crippen molar-refractivity contribution in [2.75, 3.05) is 12.4 Å². The third-order valence-electron chi connectivity index (χ3n) is 2.60. The summed E-state index contributed by atoms with van der Waals surface area (Å²) in [5, 5.41) is 18.2. The normalized spacial score (nSPS) is 10.8. The van der Waals surface area contributed by atoms with Crippen molar-refractivity contribution in [3.63, 3.8) is 0 Å². The average Bonchev–Trinajstić information content (AvgIpc) is 2.83. The molecule has 0 fully saturated rings. The molecular formula is C13H17N3OS. The molecule has 0 unspecified atom stereocenters. The van der Waals surface area contributed by atoms with E-state index in [1.807, 2.05) is 30.3 Å². The molecule has 1 heterocycles. The molecule has 0 radical (unpaired) electrons. The minimum atomic E-state index is 0.221. The first kappa shape index (κ1) is 13.1. The van der Waals surface area contributed by atoms with Gasteiger partial charge in [-0.2, -0.15) is 0 Å². The lowest BCUT2D eigenvalue weighted by Gasteiger charge is -2.06. The Morgan fingerprint density at radius 1 is 1.22 bits per heavy atom. The lowest BCUT2D eigenvalue weighted by Crippen LogP contribution is -2.00. The summed E-state index contributed by atoms with van der Waals surface area (Å²) in [6.45, 7) is 3.16. The Morgan fingerprint density at radius 3 is 2.67 bits per heavy atom. The van der Waals surface area contributed by atoms with E-state index in [4.69, 9.17) is 5.11 Å². The molecule has 1 N–H and O–H groups in total. The van der Waals surface area contributed by atoms with Crippen molar-refractivity contribution in [1.82, 2.24) is 14.8 Å². The number of aromatic nitrogens is 3. The molecule has 2 rings (SSSR count). The summed E-state index contributed by atoms with van der Waals surface area (Å²) in [4.78, 5) is 0. The number of thioether (sulfide) groups is 1. The van der Waals surface area contributed by atoms with Gasteiger partial charge in [0.05, 0.1) is 0 Å². The third kappa shape index (κ3) is 2.91. The van der Waals surface area contributed by atoms with Gasteiger partial charge in [-0.05, 0) is 13.3 Å². The number of nitrogens with zero attached hydrogens (tertiary/aromatic N) is 3. The SMILES string of the molecule is CCn1c(SCCCO)nnc1-c1ccccc1. The van der Waals surface area contributed by atoms with Gasteiger partial charge in [0.25, 0.3) is 0 Å². The minimum Gasteiger partial charge on any atom is -0.396 e. The lowest BCUT2D eigenvalue weighted by molar-refractivity contribution is 0.296. The van der Waals surface area contributed by atoms with Crippen molar-refractivity contribution in [3.8, 4) is 11.4 Å². The second kappa shape index (κ2) is 6.56. The molecule has 0 saturated carbocycles. The van der Waals surface area contributed by atoms with Crippen LogP contribution in [0.5, 0.6) is 0 Å². The average molecular weight is 263 g/mol. The highest BCUT2D eigenvalue weighted by molar-refractivity contribution is 7.99. The van der Waals surface area contributed by atoms with Crippen molar-refractivity contribution < 1.29 is 5.11 Å². The molecule has 5 heteroatoms. The highest BCUT2D eigenvalue weighted by Gasteiger charge is 2.12. The summed E-state index contributed by atoms with van der Waals surface area (Å²) >= 11 is 1.64. The molecule has 0 aliphatic rings. The van der Waals surface area contributed by atoms with Crippen LogP contribution in [0.4, 0.5) is 0 Å². The summed E-state index contributed by atoms with van der Waals surface area (Å²) in [5.41, 5.74) is 1.08. The first-order chi connectivity index (χ1) is 8.86. The van der Waals surface area contributed by atoms with Crippen molar-refractivity contribution in [2.24, 2.45) is 0 Å². The van der Waals surface area contributed by atoms with Gasteiger partial charge in [-0.3, -0.25) is 0 Å². The van der Waals surface area contributed by atoms with Crippen molar-refractivity contribution in [1.29, 1.82) is 0 Å². The van der Waals surface area contributed by atoms with E-state index in [0.29, 0.717) is 0 Å². The molecular weight excluding hydrogens is 246 g/mol. The van der Waals surface area contributed by atoms with Gasteiger partial charge in [0.15, 0.2) is 11.0 Å². The zero-order valence-corrected chi connectivity index (χ0v) is 11.2. The molecule has 2 aromatic rings. The molecule has 4 nitrogen and oxygen atoms in total. The van der Waals surface area contributed by atoms with Gasteiger partial charge >= 0.3 is 0 Å². The Hall–Kier alpha value is -1.33. The van der Waals surface area contributed by atoms with E-state index >= 15 is 0 Å². The van der Waals surface area contributed by atoms with Gasteiger partial charge in [-0.15, -0.1) is 10.2 Å². The Bertz CT molecular complexity index is 484. The number of benzene rings is 1. The molecule has 0 aliphatic carbocycles. The Labute approximate surface area is 111 Å². The van der Waals surface area contributed by atoms with Gasteiger partial charge in [-0.25, -0.2) is 0 Å². The summed E-state index contributed by atoms with van der Waals surface area (Å²) in [7, 11) is 0. The first-order valence-electron chi connectivity index (χ1n) is 6.09. The molecule has 0 bridgehead atoms. The van der Waals surface area contributed by atoms with E-state index in [9.17, 15) is 0 Å². The monoisotopic (exact) mass is 263 g/mol. The van der Waals surface area contributed by atoms with Crippen LogP contribution in [0.25, 0.3) is 11.4 Å². The predicted octanol–water partition coefficient (Wildman–Crippen LogP) is 2.44. The summed E-state index contributed by atoms with van der Waals surface area (Å²) in [6.07, 6.45) is 0.780. The number of hydrogen-bond acceptors (Lipinski definition) is 4. The number of rotatable bonds is 6. The highest BCUT2D eigenvalue weighted by Crippen LogP contribution is 2.23. The summed E-state index contributed by atoms with van der Waals surface area (Å²) in [5.74, 6) is 1.77. The van der Waals surface area contributed by atoms with Gasteiger partial charge in [-0.1, -0.05) is 42.1 Å². The van der Waals surface area contributed by atoms with Crippen molar-refractivity contribution in [3.05, 3.63) is 30.3 Å². The van der Waals surface area contributed by atoms with E-state index in [1.54, 1.807) is 11.8 Å². The predicted molar refractivity (Wildman–Crippen MR) is 73.6 cm³/mol. The molecule has 18 heavy (non-hydrogen) atoms. The molecule has 1 aromatic heterocycles. The van der Waals surface area contributed by atoms with Crippen LogP contribution in [0.1, 0.15) is 13.3 Å². The summed E-state index contributed by atoms with van der Waals surface area (Å²) in [6, 6.07) is 10.1.